The van der Waals surface area contributed by atoms with Crippen molar-refractivity contribution in [3.63, 3.8) is 0 Å². The Labute approximate surface area is 56.7 Å². The topological polar surface area (TPSA) is 20.2 Å². The number of hydrogen-bond donors (Lipinski definition) is 1. The normalized spacial score (nSPS) is 11.7. The highest BCUT2D eigenvalue weighted by molar-refractivity contribution is 5.16. The Morgan fingerprint density at radius 3 is 2.44 bits per heavy atom. The van der Waals surface area contributed by atoms with Gasteiger partial charge in [0.05, 0.1) is 0 Å². The molecule has 0 amide bonds. The lowest BCUT2D eigenvalue weighted by atomic mass is 10.1. The Morgan fingerprint density at radius 1 is 1.56 bits per heavy atom. The van der Waals surface area contributed by atoms with Crippen LogP contribution in [0.2, 0.25) is 0 Å². The van der Waals surface area contributed by atoms with Gasteiger partial charge in [0.15, 0.2) is 0 Å². The van der Waals surface area contributed by atoms with Crippen LogP contribution in [-0.2, 0) is 0 Å². The molecule has 0 aliphatic rings. The van der Waals surface area contributed by atoms with E-state index in [1.807, 2.05) is 19.9 Å². The van der Waals surface area contributed by atoms with Crippen molar-refractivity contribution in [3.05, 3.63) is 23.8 Å². The van der Waals surface area contributed by atoms with Crippen molar-refractivity contribution in [3.8, 4) is 0 Å². The third-order valence-corrected chi connectivity index (χ3v) is 0.999. The second-order valence-electron chi connectivity index (χ2n) is 2.31. The fraction of sp³-hybridized carbons (Fsp3) is 0.500. The van der Waals surface area contributed by atoms with Gasteiger partial charge >= 0.3 is 0 Å². The van der Waals surface area contributed by atoms with Crippen LogP contribution >= 0.6 is 0 Å². The van der Waals surface area contributed by atoms with Crippen molar-refractivity contribution in [2.75, 3.05) is 6.61 Å². The van der Waals surface area contributed by atoms with Gasteiger partial charge in [0.2, 0.25) is 0 Å². The van der Waals surface area contributed by atoms with Gasteiger partial charge in [0, 0.05) is 6.61 Å². The van der Waals surface area contributed by atoms with E-state index in [9.17, 15) is 0 Å². The van der Waals surface area contributed by atoms with E-state index in [-0.39, 0.29) is 6.61 Å². The molecule has 0 atom stereocenters. The van der Waals surface area contributed by atoms with Gasteiger partial charge in [-0.25, -0.2) is 0 Å². The summed E-state index contributed by atoms with van der Waals surface area (Å²) in [5.74, 6) is 0. The van der Waals surface area contributed by atoms with E-state index in [1.54, 1.807) is 0 Å². The van der Waals surface area contributed by atoms with Crippen LogP contribution in [0.5, 0.6) is 0 Å². The fourth-order valence-electron chi connectivity index (χ4n) is 0.669. The number of aliphatic hydroxyl groups is 1. The van der Waals surface area contributed by atoms with Crippen molar-refractivity contribution in [2.45, 2.75) is 20.3 Å². The summed E-state index contributed by atoms with van der Waals surface area (Å²) in [7, 11) is 0. The zero-order valence-corrected chi connectivity index (χ0v) is 6.15. The minimum Gasteiger partial charge on any atom is -0.396 e. The highest BCUT2D eigenvalue weighted by Gasteiger charge is 1.85. The zero-order valence-electron chi connectivity index (χ0n) is 6.15. The average molecular weight is 126 g/mol. The van der Waals surface area contributed by atoms with Crippen molar-refractivity contribution in [1.29, 1.82) is 0 Å². The Kier molecular flexibility index (Phi) is 4.06. The second-order valence-corrected chi connectivity index (χ2v) is 2.31. The maximum Gasteiger partial charge on any atom is 0.0468 e. The second kappa shape index (κ2) is 4.33. The molecule has 0 rings (SSSR count). The Morgan fingerprint density at radius 2 is 2.11 bits per heavy atom. The molecule has 0 saturated carbocycles. The predicted octanol–water partition coefficient (Wildman–Crippen LogP) is 1.89. The quantitative estimate of drug-likeness (QED) is 0.572. The first-order valence-corrected chi connectivity index (χ1v) is 3.10. The largest absolute Gasteiger partial charge is 0.396 e. The molecule has 0 radical (unpaired) electrons. The lowest BCUT2D eigenvalue weighted by molar-refractivity contribution is 0.299. The Hall–Kier alpha value is -0.560. The molecule has 0 aromatic heterocycles. The molecule has 0 aliphatic heterocycles. The maximum atomic E-state index is 8.48. The van der Waals surface area contributed by atoms with E-state index < -0.39 is 0 Å². The van der Waals surface area contributed by atoms with Crippen molar-refractivity contribution >= 4 is 0 Å². The van der Waals surface area contributed by atoms with Crippen LogP contribution in [0, 0.1) is 0 Å². The minimum atomic E-state index is 0.232. The summed E-state index contributed by atoms with van der Waals surface area (Å²) >= 11 is 0. The summed E-state index contributed by atoms with van der Waals surface area (Å²) in [5.41, 5.74) is 2.23. The number of rotatable bonds is 3. The molecule has 0 unspecified atom stereocenters. The summed E-state index contributed by atoms with van der Waals surface area (Å²) in [5, 5.41) is 8.48. The molecule has 0 spiro atoms. The standard InChI is InChI=1S/C8H14O/c1-7(2)6-8(3)4-5-9/h6,9H,1,4-5H2,2-3H3/b8-6+. The first-order chi connectivity index (χ1) is 4.16. The molecular formula is C8H14O. The predicted molar refractivity (Wildman–Crippen MR) is 40.3 cm³/mol. The number of hydrogen-bond acceptors (Lipinski definition) is 1. The molecule has 0 bridgehead atoms. The van der Waals surface area contributed by atoms with E-state index in [1.165, 1.54) is 5.57 Å². The lowest BCUT2D eigenvalue weighted by Crippen LogP contribution is -1.83. The highest BCUT2D eigenvalue weighted by Crippen LogP contribution is 2.02. The van der Waals surface area contributed by atoms with Crippen molar-refractivity contribution < 1.29 is 5.11 Å². The summed E-state index contributed by atoms with van der Waals surface area (Å²) in [6, 6.07) is 0. The first-order valence-electron chi connectivity index (χ1n) is 3.10. The summed E-state index contributed by atoms with van der Waals surface area (Å²) < 4.78 is 0. The molecule has 0 heterocycles. The van der Waals surface area contributed by atoms with E-state index >= 15 is 0 Å². The molecule has 0 aromatic carbocycles. The molecular weight excluding hydrogens is 112 g/mol. The van der Waals surface area contributed by atoms with Gasteiger partial charge in [0.1, 0.15) is 0 Å². The fourth-order valence-corrected chi connectivity index (χ4v) is 0.669. The zero-order chi connectivity index (χ0) is 7.28. The number of aliphatic hydroxyl groups excluding tert-OH is 1. The van der Waals surface area contributed by atoms with Gasteiger partial charge < -0.3 is 5.11 Å². The van der Waals surface area contributed by atoms with Gasteiger partial charge in [-0.3, -0.25) is 0 Å². The van der Waals surface area contributed by atoms with E-state index in [0.717, 1.165) is 12.0 Å². The van der Waals surface area contributed by atoms with Crippen LogP contribution in [0.1, 0.15) is 20.3 Å². The van der Waals surface area contributed by atoms with Crippen LogP contribution in [0.15, 0.2) is 23.8 Å². The van der Waals surface area contributed by atoms with Crippen LogP contribution in [0.3, 0.4) is 0 Å². The molecule has 1 heteroatoms. The molecule has 0 saturated heterocycles. The minimum absolute atomic E-state index is 0.232. The average Bonchev–Trinajstić information content (AvgIpc) is 1.63. The van der Waals surface area contributed by atoms with Crippen LogP contribution in [0.4, 0.5) is 0 Å². The molecule has 0 aliphatic carbocycles. The maximum absolute atomic E-state index is 8.48. The molecule has 52 valence electrons. The van der Waals surface area contributed by atoms with E-state index in [2.05, 4.69) is 6.58 Å². The third-order valence-electron chi connectivity index (χ3n) is 0.999. The molecule has 9 heavy (non-hydrogen) atoms. The summed E-state index contributed by atoms with van der Waals surface area (Å²) in [4.78, 5) is 0. The van der Waals surface area contributed by atoms with Crippen molar-refractivity contribution in [2.24, 2.45) is 0 Å². The number of allylic oxidation sites excluding steroid dienone is 2. The summed E-state index contributed by atoms with van der Waals surface area (Å²) in [6.45, 7) is 7.89. The molecule has 0 aromatic rings. The van der Waals surface area contributed by atoms with E-state index in [4.69, 9.17) is 5.11 Å². The van der Waals surface area contributed by atoms with Crippen LogP contribution in [-0.4, -0.2) is 11.7 Å². The Bertz CT molecular complexity index is 123. The summed E-state index contributed by atoms with van der Waals surface area (Å²) in [6.07, 6.45) is 2.74. The smallest absolute Gasteiger partial charge is 0.0468 e. The van der Waals surface area contributed by atoms with Crippen LogP contribution in [0.25, 0.3) is 0 Å². The van der Waals surface area contributed by atoms with Gasteiger partial charge in [-0.15, -0.1) is 0 Å². The van der Waals surface area contributed by atoms with Crippen molar-refractivity contribution in [1.82, 2.24) is 0 Å². The molecule has 1 nitrogen and oxygen atoms in total. The van der Waals surface area contributed by atoms with Gasteiger partial charge in [-0.05, 0) is 20.3 Å². The van der Waals surface area contributed by atoms with Gasteiger partial charge in [-0.1, -0.05) is 23.8 Å². The first kappa shape index (κ1) is 8.44. The van der Waals surface area contributed by atoms with E-state index in [0.29, 0.717) is 0 Å². The SMILES string of the molecule is C=C(C)/C=C(\C)CCO. The monoisotopic (exact) mass is 126 g/mol. The molecule has 1 N–H and O–H groups in total. The van der Waals surface area contributed by atoms with Gasteiger partial charge in [-0.2, -0.15) is 0 Å². The Balaban J connectivity index is 3.69. The lowest BCUT2D eigenvalue weighted by Gasteiger charge is -1.95. The van der Waals surface area contributed by atoms with Crippen LogP contribution < -0.4 is 0 Å². The molecule has 0 fully saturated rings. The third kappa shape index (κ3) is 5.31. The van der Waals surface area contributed by atoms with Gasteiger partial charge in [0.25, 0.3) is 0 Å². The highest BCUT2D eigenvalue weighted by atomic mass is 16.2.